The lowest BCUT2D eigenvalue weighted by atomic mass is 10.0. The van der Waals surface area contributed by atoms with E-state index in [9.17, 15) is 9.59 Å². The predicted molar refractivity (Wildman–Crippen MR) is 109 cm³/mol. The van der Waals surface area contributed by atoms with Gasteiger partial charge in [0.25, 0.3) is 0 Å². The third-order valence-electron chi connectivity index (χ3n) is 4.77. The zero-order chi connectivity index (χ0) is 19.6. The molecule has 2 amide bonds. The number of amides is 2. The maximum absolute atomic E-state index is 12.9. The lowest BCUT2D eigenvalue weighted by Gasteiger charge is -2.28. The van der Waals surface area contributed by atoms with Gasteiger partial charge in [-0.15, -0.1) is 0 Å². The Morgan fingerprint density at radius 3 is 2.15 bits per heavy atom. The number of nitrogens with one attached hydrogen (secondary N) is 1. The predicted octanol–water partition coefficient (Wildman–Crippen LogP) is 3.74. The smallest absolute Gasteiger partial charge is 0.242 e. The van der Waals surface area contributed by atoms with Crippen LogP contribution in [0.3, 0.4) is 0 Å². The molecule has 0 unspecified atom stereocenters. The van der Waals surface area contributed by atoms with E-state index in [1.54, 1.807) is 11.8 Å². The summed E-state index contributed by atoms with van der Waals surface area (Å²) >= 11 is 0. The molecule has 1 N–H and O–H groups in total. The Kier molecular flexibility index (Phi) is 8.05. The summed E-state index contributed by atoms with van der Waals surface area (Å²) in [6, 6.07) is 17.7. The van der Waals surface area contributed by atoms with E-state index in [2.05, 4.69) is 36.5 Å². The number of carbonyl (C=O) groups excluding carboxylic acids is 2. The summed E-state index contributed by atoms with van der Waals surface area (Å²) in [5, 5.41) is 2.82. The van der Waals surface area contributed by atoms with E-state index in [-0.39, 0.29) is 11.8 Å². The molecule has 0 aliphatic rings. The number of benzene rings is 2. The van der Waals surface area contributed by atoms with Crippen LogP contribution in [0.1, 0.15) is 43.9 Å². The number of rotatable bonds is 9. The number of nitrogens with zero attached hydrogens (tertiary/aromatic N) is 1. The molecular weight excluding hydrogens is 336 g/mol. The van der Waals surface area contributed by atoms with Gasteiger partial charge in [0.05, 0.1) is 0 Å². The molecule has 0 saturated heterocycles. The van der Waals surface area contributed by atoms with Crippen molar-refractivity contribution in [1.29, 1.82) is 0 Å². The number of aryl methyl sites for hydroxylation is 2. The highest BCUT2D eigenvalue weighted by Gasteiger charge is 2.25. The minimum absolute atomic E-state index is 0.00262. The maximum Gasteiger partial charge on any atom is 0.242 e. The molecule has 0 heterocycles. The van der Waals surface area contributed by atoms with Gasteiger partial charge in [-0.05, 0) is 43.4 Å². The lowest BCUT2D eigenvalue weighted by Crippen LogP contribution is -2.47. The van der Waals surface area contributed by atoms with Gasteiger partial charge in [-0.25, -0.2) is 0 Å². The zero-order valence-electron chi connectivity index (χ0n) is 16.6. The summed E-state index contributed by atoms with van der Waals surface area (Å²) in [4.78, 5) is 26.9. The average molecular weight is 367 g/mol. The van der Waals surface area contributed by atoms with Gasteiger partial charge in [0.15, 0.2) is 0 Å². The Balaban J connectivity index is 2.07. The first-order valence-electron chi connectivity index (χ1n) is 9.74. The first kappa shape index (κ1) is 20.7. The van der Waals surface area contributed by atoms with Crippen molar-refractivity contribution in [3.63, 3.8) is 0 Å². The maximum atomic E-state index is 12.9. The summed E-state index contributed by atoms with van der Waals surface area (Å²) in [6.45, 7) is 6.80. The van der Waals surface area contributed by atoms with Crippen LogP contribution in [0.15, 0.2) is 54.6 Å². The van der Waals surface area contributed by atoms with Gasteiger partial charge in [-0.2, -0.15) is 0 Å². The van der Waals surface area contributed by atoms with Crippen LogP contribution in [0.5, 0.6) is 0 Å². The Morgan fingerprint density at radius 1 is 0.926 bits per heavy atom. The van der Waals surface area contributed by atoms with Gasteiger partial charge in [-0.1, -0.05) is 61.5 Å². The molecule has 0 aliphatic carbocycles. The number of carbonyl (C=O) groups is 2. The van der Waals surface area contributed by atoms with Crippen molar-refractivity contribution in [3.8, 4) is 0 Å². The van der Waals surface area contributed by atoms with Crippen LogP contribution in [-0.2, 0) is 29.0 Å². The van der Waals surface area contributed by atoms with Gasteiger partial charge in [0, 0.05) is 19.5 Å². The fourth-order valence-electron chi connectivity index (χ4n) is 3.02. The van der Waals surface area contributed by atoms with Gasteiger partial charge >= 0.3 is 0 Å². The van der Waals surface area contributed by atoms with Crippen LogP contribution < -0.4 is 5.32 Å². The first-order chi connectivity index (χ1) is 13.0. The van der Waals surface area contributed by atoms with Crippen molar-refractivity contribution in [3.05, 3.63) is 71.3 Å². The second kappa shape index (κ2) is 10.5. The van der Waals surface area contributed by atoms with Crippen molar-refractivity contribution < 1.29 is 9.59 Å². The fraction of sp³-hybridized carbons (Fsp3) is 0.391. The lowest BCUT2D eigenvalue weighted by molar-refractivity contribution is -0.140. The molecule has 2 aromatic rings. The van der Waals surface area contributed by atoms with Crippen LogP contribution in [-0.4, -0.2) is 29.3 Å². The standard InChI is InChI=1S/C23H30N2O2/c1-4-19-11-13-20(14-12-19)15-16-22(26)25(18(3)23(27)24-5-2)17-21-9-7-6-8-10-21/h6-14,18H,4-5,15-17H2,1-3H3,(H,24,27)/t18-/m1/s1. The third-order valence-corrected chi connectivity index (χ3v) is 4.77. The zero-order valence-corrected chi connectivity index (χ0v) is 16.6. The van der Waals surface area contributed by atoms with E-state index in [4.69, 9.17) is 0 Å². The molecule has 1 atom stereocenters. The topological polar surface area (TPSA) is 49.4 Å². The molecule has 0 radical (unpaired) electrons. The van der Waals surface area contributed by atoms with E-state index < -0.39 is 6.04 Å². The molecule has 0 bridgehead atoms. The SMILES string of the molecule is CCNC(=O)[C@@H](C)N(Cc1ccccc1)C(=O)CCc1ccc(CC)cc1. The van der Waals surface area contributed by atoms with E-state index >= 15 is 0 Å². The molecule has 0 aromatic heterocycles. The van der Waals surface area contributed by atoms with E-state index in [0.717, 1.165) is 17.5 Å². The monoisotopic (exact) mass is 366 g/mol. The highest BCUT2D eigenvalue weighted by atomic mass is 16.2. The summed E-state index contributed by atoms with van der Waals surface area (Å²) in [5.41, 5.74) is 3.46. The molecular formula is C23H30N2O2. The van der Waals surface area contributed by atoms with Crippen LogP contribution >= 0.6 is 0 Å². The molecule has 4 nitrogen and oxygen atoms in total. The number of hydrogen-bond acceptors (Lipinski definition) is 2. The van der Waals surface area contributed by atoms with E-state index in [1.807, 2.05) is 37.3 Å². The van der Waals surface area contributed by atoms with Crippen molar-refractivity contribution in [2.45, 2.75) is 52.6 Å². The van der Waals surface area contributed by atoms with Crippen molar-refractivity contribution >= 4 is 11.8 Å². The quantitative estimate of drug-likeness (QED) is 0.735. The second-order valence-electron chi connectivity index (χ2n) is 6.75. The first-order valence-corrected chi connectivity index (χ1v) is 9.74. The highest BCUT2D eigenvalue weighted by Crippen LogP contribution is 2.13. The van der Waals surface area contributed by atoms with E-state index in [1.165, 1.54) is 5.56 Å². The summed E-state index contributed by atoms with van der Waals surface area (Å²) in [7, 11) is 0. The minimum Gasteiger partial charge on any atom is -0.355 e. The average Bonchev–Trinajstić information content (AvgIpc) is 2.71. The molecule has 0 fully saturated rings. The van der Waals surface area contributed by atoms with Gasteiger partial charge in [-0.3, -0.25) is 9.59 Å². The molecule has 0 aliphatic heterocycles. The second-order valence-corrected chi connectivity index (χ2v) is 6.75. The van der Waals surface area contributed by atoms with Gasteiger partial charge < -0.3 is 10.2 Å². The van der Waals surface area contributed by atoms with Crippen molar-refractivity contribution in [2.24, 2.45) is 0 Å². The molecule has 144 valence electrons. The highest BCUT2D eigenvalue weighted by molar-refractivity contribution is 5.87. The summed E-state index contributed by atoms with van der Waals surface area (Å²) in [6.07, 6.45) is 2.08. The normalized spacial score (nSPS) is 11.7. The van der Waals surface area contributed by atoms with Crippen molar-refractivity contribution in [2.75, 3.05) is 6.54 Å². The van der Waals surface area contributed by atoms with Gasteiger partial charge in [0.2, 0.25) is 11.8 Å². The van der Waals surface area contributed by atoms with E-state index in [0.29, 0.717) is 25.9 Å². The number of likely N-dealkylation sites (N-methyl/N-ethyl adjacent to an activating group) is 1. The molecule has 27 heavy (non-hydrogen) atoms. The Bertz CT molecular complexity index is 726. The summed E-state index contributed by atoms with van der Waals surface area (Å²) in [5.74, 6) is -0.119. The van der Waals surface area contributed by atoms with Crippen molar-refractivity contribution in [1.82, 2.24) is 10.2 Å². The molecule has 0 saturated carbocycles. The molecule has 4 heteroatoms. The Labute approximate surface area is 162 Å². The van der Waals surface area contributed by atoms with Gasteiger partial charge in [0.1, 0.15) is 6.04 Å². The minimum atomic E-state index is -0.500. The van der Waals surface area contributed by atoms with Crippen LogP contribution in [0.2, 0.25) is 0 Å². The number of hydrogen-bond donors (Lipinski definition) is 1. The fourth-order valence-corrected chi connectivity index (χ4v) is 3.02. The van der Waals surface area contributed by atoms with Crippen LogP contribution in [0.4, 0.5) is 0 Å². The molecule has 2 aromatic carbocycles. The third kappa shape index (κ3) is 6.24. The molecule has 0 spiro atoms. The molecule has 2 rings (SSSR count). The Hall–Kier alpha value is -2.62. The van der Waals surface area contributed by atoms with Crippen LogP contribution in [0.25, 0.3) is 0 Å². The Morgan fingerprint density at radius 2 is 1.56 bits per heavy atom. The summed E-state index contributed by atoms with van der Waals surface area (Å²) < 4.78 is 0. The largest absolute Gasteiger partial charge is 0.355 e. The van der Waals surface area contributed by atoms with Crippen LogP contribution in [0, 0.1) is 0 Å².